The third-order valence-electron chi connectivity index (χ3n) is 2.11. The van der Waals surface area contributed by atoms with Gasteiger partial charge < -0.3 is 11.1 Å². The monoisotopic (exact) mass is 278 g/mol. The average Bonchev–Trinajstić information content (AvgIpc) is 2.25. The summed E-state index contributed by atoms with van der Waals surface area (Å²) in [6.45, 7) is 2.03. The van der Waals surface area contributed by atoms with Crippen molar-refractivity contribution < 1.29 is 0 Å². The van der Waals surface area contributed by atoms with Gasteiger partial charge in [-0.25, -0.2) is 4.98 Å². The number of rotatable bonds is 2. The maximum atomic E-state index is 5.55. The first-order valence-corrected chi connectivity index (χ1v) is 5.56. The van der Waals surface area contributed by atoms with Gasteiger partial charge in [-0.1, -0.05) is 12.1 Å². The van der Waals surface area contributed by atoms with E-state index in [0.29, 0.717) is 11.6 Å². The maximum Gasteiger partial charge on any atom is 0.151 e. The maximum absolute atomic E-state index is 5.55. The molecule has 1 aromatic carbocycles. The molecule has 2 aromatic rings. The quantitative estimate of drug-likeness (QED) is 0.887. The number of benzene rings is 1. The zero-order valence-corrected chi connectivity index (χ0v) is 10.3. The van der Waals surface area contributed by atoms with Gasteiger partial charge in [0.15, 0.2) is 5.82 Å². The predicted molar refractivity (Wildman–Crippen MR) is 68.6 cm³/mol. The van der Waals surface area contributed by atoms with Crippen molar-refractivity contribution in [2.24, 2.45) is 0 Å². The molecule has 0 spiro atoms. The molecule has 1 heterocycles. The molecule has 0 aliphatic heterocycles. The smallest absolute Gasteiger partial charge is 0.151 e. The van der Waals surface area contributed by atoms with Gasteiger partial charge in [-0.15, -0.1) is 0 Å². The fraction of sp³-hybridized carbons (Fsp3) is 0.0909. The van der Waals surface area contributed by atoms with Crippen LogP contribution in [0.5, 0.6) is 0 Å². The van der Waals surface area contributed by atoms with Crippen LogP contribution < -0.4 is 11.1 Å². The Bertz CT molecular complexity index is 513. The fourth-order valence-electron chi connectivity index (χ4n) is 1.32. The molecule has 5 heteroatoms. The first kappa shape index (κ1) is 10.9. The molecule has 0 unspecified atom stereocenters. The highest BCUT2D eigenvalue weighted by atomic mass is 79.9. The topological polar surface area (TPSA) is 63.8 Å². The van der Waals surface area contributed by atoms with Crippen molar-refractivity contribution in [3.8, 4) is 0 Å². The molecule has 2 rings (SSSR count). The van der Waals surface area contributed by atoms with Gasteiger partial charge in [0, 0.05) is 4.47 Å². The van der Waals surface area contributed by atoms with Crippen LogP contribution >= 0.6 is 15.9 Å². The summed E-state index contributed by atoms with van der Waals surface area (Å²) in [5.74, 6) is 1.03. The predicted octanol–water partition coefficient (Wildman–Crippen LogP) is 2.87. The minimum absolute atomic E-state index is 0.397. The number of nitrogens with two attached hydrogens (primary N) is 1. The molecule has 0 bridgehead atoms. The summed E-state index contributed by atoms with van der Waals surface area (Å²) in [5, 5.41) is 3.15. The molecule has 0 saturated carbocycles. The van der Waals surface area contributed by atoms with E-state index in [1.54, 1.807) is 6.20 Å². The number of nitrogens with one attached hydrogen (secondary N) is 1. The molecule has 3 N–H and O–H groups in total. The zero-order valence-electron chi connectivity index (χ0n) is 8.74. The van der Waals surface area contributed by atoms with Gasteiger partial charge in [-0.3, -0.25) is 4.98 Å². The first-order chi connectivity index (χ1) is 7.66. The zero-order chi connectivity index (χ0) is 11.5. The van der Waals surface area contributed by atoms with Crippen LogP contribution in [0.15, 0.2) is 35.1 Å². The molecule has 0 fully saturated rings. The molecule has 0 amide bonds. The van der Waals surface area contributed by atoms with Crippen LogP contribution in [0.2, 0.25) is 0 Å². The summed E-state index contributed by atoms with van der Waals surface area (Å²) in [7, 11) is 0. The summed E-state index contributed by atoms with van der Waals surface area (Å²) in [6.07, 6.45) is 3.14. The molecule has 1 aromatic heterocycles. The Morgan fingerprint density at radius 1 is 1.31 bits per heavy atom. The first-order valence-electron chi connectivity index (χ1n) is 4.76. The van der Waals surface area contributed by atoms with Crippen LogP contribution in [-0.4, -0.2) is 9.97 Å². The van der Waals surface area contributed by atoms with Gasteiger partial charge in [-0.2, -0.15) is 0 Å². The molecule has 0 saturated heterocycles. The average molecular weight is 279 g/mol. The lowest BCUT2D eigenvalue weighted by Crippen LogP contribution is -1.99. The molecule has 0 radical (unpaired) electrons. The van der Waals surface area contributed by atoms with E-state index in [9.17, 15) is 0 Å². The lowest BCUT2D eigenvalue weighted by atomic mass is 10.2. The summed E-state index contributed by atoms with van der Waals surface area (Å²) in [5.41, 5.74) is 7.65. The lowest BCUT2D eigenvalue weighted by molar-refractivity contribution is 1.20. The number of aryl methyl sites for hydroxylation is 1. The molecule has 0 atom stereocenters. The third-order valence-corrected chi connectivity index (χ3v) is 3.16. The van der Waals surface area contributed by atoms with E-state index in [1.807, 2.05) is 25.1 Å². The third kappa shape index (κ3) is 2.30. The largest absolute Gasteiger partial charge is 0.382 e. The van der Waals surface area contributed by atoms with Gasteiger partial charge in [0.05, 0.1) is 18.1 Å². The molecular weight excluding hydrogens is 268 g/mol. The second-order valence-electron chi connectivity index (χ2n) is 3.39. The Morgan fingerprint density at radius 2 is 2.12 bits per heavy atom. The Morgan fingerprint density at radius 3 is 2.88 bits per heavy atom. The molecule has 4 nitrogen and oxygen atoms in total. The van der Waals surface area contributed by atoms with Crippen molar-refractivity contribution in [1.29, 1.82) is 0 Å². The molecular formula is C11H11BrN4. The van der Waals surface area contributed by atoms with Crippen LogP contribution in [0.1, 0.15) is 5.56 Å². The van der Waals surface area contributed by atoms with Gasteiger partial charge in [-0.05, 0) is 34.5 Å². The van der Waals surface area contributed by atoms with E-state index in [-0.39, 0.29) is 0 Å². The van der Waals surface area contributed by atoms with Crippen LogP contribution in [0.4, 0.5) is 17.3 Å². The van der Waals surface area contributed by atoms with E-state index >= 15 is 0 Å². The standard InChI is InChI=1S/C11H11BrN4/c1-7-3-2-4-8(11(7)12)15-10-6-14-5-9(13)16-10/h2-6H,1H3,(H3,13,15,16). The summed E-state index contributed by atoms with van der Waals surface area (Å²) >= 11 is 3.51. The van der Waals surface area contributed by atoms with Crippen molar-refractivity contribution in [1.82, 2.24) is 9.97 Å². The van der Waals surface area contributed by atoms with Gasteiger partial charge >= 0.3 is 0 Å². The Kier molecular flexibility index (Phi) is 3.05. The van der Waals surface area contributed by atoms with Crippen molar-refractivity contribution in [3.05, 3.63) is 40.6 Å². The summed E-state index contributed by atoms with van der Waals surface area (Å²) in [6, 6.07) is 5.96. The number of nitrogen functional groups attached to an aromatic ring is 1. The highest BCUT2D eigenvalue weighted by Crippen LogP contribution is 2.27. The van der Waals surface area contributed by atoms with E-state index in [0.717, 1.165) is 15.7 Å². The van der Waals surface area contributed by atoms with Crippen LogP contribution in [0, 0.1) is 6.92 Å². The van der Waals surface area contributed by atoms with E-state index in [4.69, 9.17) is 5.73 Å². The number of aromatic nitrogens is 2. The van der Waals surface area contributed by atoms with E-state index in [1.165, 1.54) is 6.20 Å². The van der Waals surface area contributed by atoms with Gasteiger partial charge in [0.2, 0.25) is 0 Å². The van der Waals surface area contributed by atoms with Crippen LogP contribution in [0.25, 0.3) is 0 Å². The SMILES string of the molecule is Cc1cccc(Nc2cncc(N)n2)c1Br. The molecule has 0 aliphatic rings. The number of hydrogen-bond acceptors (Lipinski definition) is 4. The molecule has 82 valence electrons. The van der Waals surface area contributed by atoms with Gasteiger partial charge in [0.1, 0.15) is 5.82 Å². The normalized spacial score (nSPS) is 10.1. The second-order valence-corrected chi connectivity index (χ2v) is 4.18. The van der Waals surface area contributed by atoms with Crippen molar-refractivity contribution in [3.63, 3.8) is 0 Å². The number of anilines is 3. The Balaban J connectivity index is 2.31. The Hall–Kier alpha value is -1.62. The highest BCUT2D eigenvalue weighted by Gasteiger charge is 2.03. The van der Waals surface area contributed by atoms with E-state index < -0.39 is 0 Å². The molecule has 16 heavy (non-hydrogen) atoms. The minimum atomic E-state index is 0.397. The van der Waals surface area contributed by atoms with E-state index in [2.05, 4.69) is 31.2 Å². The van der Waals surface area contributed by atoms with Crippen molar-refractivity contribution in [2.45, 2.75) is 6.92 Å². The second kappa shape index (κ2) is 4.49. The van der Waals surface area contributed by atoms with Crippen molar-refractivity contribution >= 4 is 33.3 Å². The number of nitrogens with zero attached hydrogens (tertiary/aromatic N) is 2. The lowest BCUT2D eigenvalue weighted by Gasteiger charge is -2.09. The summed E-state index contributed by atoms with van der Waals surface area (Å²) in [4.78, 5) is 8.09. The van der Waals surface area contributed by atoms with Gasteiger partial charge in [0.25, 0.3) is 0 Å². The fourth-order valence-corrected chi connectivity index (χ4v) is 1.69. The highest BCUT2D eigenvalue weighted by molar-refractivity contribution is 9.10. The number of halogens is 1. The number of hydrogen-bond donors (Lipinski definition) is 2. The minimum Gasteiger partial charge on any atom is -0.382 e. The van der Waals surface area contributed by atoms with Crippen molar-refractivity contribution in [2.75, 3.05) is 11.1 Å². The van der Waals surface area contributed by atoms with Crippen LogP contribution in [-0.2, 0) is 0 Å². The summed E-state index contributed by atoms with van der Waals surface area (Å²) < 4.78 is 1.01. The van der Waals surface area contributed by atoms with Crippen LogP contribution in [0.3, 0.4) is 0 Å². The Labute approximate surface area is 102 Å². The molecule has 0 aliphatic carbocycles.